The zero-order valence-corrected chi connectivity index (χ0v) is 20.9. The number of ether oxygens (including phenoxy) is 2. The summed E-state index contributed by atoms with van der Waals surface area (Å²) in [5.41, 5.74) is 1.99. The second-order valence-electron chi connectivity index (χ2n) is 9.39. The Morgan fingerprint density at radius 1 is 1.14 bits per heavy atom. The van der Waals surface area contributed by atoms with Crippen LogP contribution in [0.4, 0.5) is 4.79 Å². The van der Waals surface area contributed by atoms with Crippen LogP contribution in [-0.2, 0) is 14.3 Å². The third-order valence-corrected chi connectivity index (χ3v) is 6.94. The normalized spacial score (nSPS) is 21.2. The molecule has 1 saturated heterocycles. The predicted molar refractivity (Wildman–Crippen MR) is 137 cm³/mol. The molecule has 194 valence electrons. The molecule has 2 aromatic carbocycles. The second kappa shape index (κ2) is 11.0. The smallest absolute Gasteiger partial charge is 0.322 e. The van der Waals surface area contributed by atoms with Gasteiger partial charge in [0, 0.05) is 32.7 Å². The summed E-state index contributed by atoms with van der Waals surface area (Å²) in [5, 5.41) is 5.90. The topological polar surface area (TPSA) is 100 Å². The van der Waals surface area contributed by atoms with E-state index in [1.54, 1.807) is 9.80 Å². The predicted octanol–water partition coefficient (Wildman–Crippen LogP) is 3.35. The van der Waals surface area contributed by atoms with Crippen LogP contribution < -0.4 is 15.4 Å². The van der Waals surface area contributed by atoms with Gasteiger partial charge in [0.2, 0.25) is 5.91 Å². The number of urea groups is 1. The Bertz CT molecular complexity index is 1190. The molecule has 0 unspecified atom stereocenters. The minimum Gasteiger partial charge on any atom is -0.457 e. The van der Waals surface area contributed by atoms with Crippen molar-refractivity contribution >= 4 is 17.8 Å². The number of carbonyl (C=O) groups is 3. The van der Waals surface area contributed by atoms with Crippen LogP contribution in [-0.4, -0.2) is 66.5 Å². The Balaban J connectivity index is 1.30. The molecule has 0 bridgehead atoms. The van der Waals surface area contributed by atoms with Crippen molar-refractivity contribution in [3.8, 4) is 11.5 Å². The maximum Gasteiger partial charge on any atom is 0.322 e. The summed E-state index contributed by atoms with van der Waals surface area (Å²) in [6.07, 6.45) is 2.23. The molecular formula is C28H32N4O5. The molecule has 37 heavy (non-hydrogen) atoms. The van der Waals surface area contributed by atoms with Crippen molar-refractivity contribution in [2.75, 3.05) is 32.8 Å². The van der Waals surface area contributed by atoms with E-state index in [9.17, 15) is 14.4 Å². The first kappa shape index (κ1) is 24.8. The molecule has 0 radical (unpaired) electrons. The summed E-state index contributed by atoms with van der Waals surface area (Å²) in [5.74, 6) is 1.03. The van der Waals surface area contributed by atoms with Crippen LogP contribution in [0, 0.1) is 0 Å². The quantitative estimate of drug-likeness (QED) is 0.546. The zero-order valence-electron chi connectivity index (χ0n) is 20.9. The van der Waals surface area contributed by atoms with Crippen LogP contribution in [0.3, 0.4) is 0 Å². The third-order valence-electron chi connectivity index (χ3n) is 6.94. The molecule has 0 saturated carbocycles. The number of para-hydroxylation sites is 1. The molecule has 3 aliphatic heterocycles. The highest BCUT2D eigenvalue weighted by Gasteiger charge is 2.43. The number of rotatable bonds is 9. The van der Waals surface area contributed by atoms with Gasteiger partial charge in [-0.2, -0.15) is 0 Å². The largest absolute Gasteiger partial charge is 0.457 e. The number of carbonyl (C=O) groups excluding carboxylic acids is 3. The molecule has 5 rings (SSSR count). The minimum absolute atomic E-state index is 0.0731. The van der Waals surface area contributed by atoms with Crippen LogP contribution in [0.1, 0.15) is 37.8 Å². The van der Waals surface area contributed by atoms with E-state index in [-0.39, 0.29) is 36.9 Å². The first-order valence-electron chi connectivity index (χ1n) is 12.8. The summed E-state index contributed by atoms with van der Waals surface area (Å²) in [7, 11) is 0. The van der Waals surface area contributed by atoms with Gasteiger partial charge in [-0.3, -0.25) is 14.5 Å². The third kappa shape index (κ3) is 5.46. The van der Waals surface area contributed by atoms with Gasteiger partial charge < -0.3 is 25.0 Å². The average Bonchev–Trinajstić information content (AvgIpc) is 3.55. The highest BCUT2D eigenvalue weighted by Crippen LogP contribution is 2.37. The van der Waals surface area contributed by atoms with Crippen molar-refractivity contribution in [2.45, 2.75) is 38.3 Å². The van der Waals surface area contributed by atoms with E-state index in [1.165, 1.54) is 0 Å². The fraction of sp³-hybridized carbons (Fsp3) is 0.393. The molecule has 1 fully saturated rings. The van der Waals surface area contributed by atoms with Gasteiger partial charge in [0.1, 0.15) is 11.5 Å². The molecule has 0 aliphatic carbocycles. The summed E-state index contributed by atoms with van der Waals surface area (Å²) >= 11 is 0. The monoisotopic (exact) mass is 504 g/mol. The Hall–Kier alpha value is -3.85. The van der Waals surface area contributed by atoms with Crippen molar-refractivity contribution in [1.29, 1.82) is 0 Å². The molecule has 3 heterocycles. The number of benzene rings is 2. The van der Waals surface area contributed by atoms with E-state index < -0.39 is 6.04 Å². The van der Waals surface area contributed by atoms with Crippen LogP contribution in [0.25, 0.3) is 0 Å². The lowest BCUT2D eigenvalue weighted by molar-refractivity contribution is -0.127. The van der Waals surface area contributed by atoms with Gasteiger partial charge in [0.05, 0.1) is 30.0 Å². The van der Waals surface area contributed by atoms with Gasteiger partial charge in [0.25, 0.3) is 5.91 Å². The fourth-order valence-electron chi connectivity index (χ4n) is 5.05. The van der Waals surface area contributed by atoms with Gasteiger partial charge in [-0.05, 0) is 49.6 Å². The molecule has 9 heteroatoms. The Labute approximate surface area is 216 Å². The van der Waals surface area contributed by atoms with Crippen molar-refractivity contribution in [3.63, 3.8) is 0 Å². The van der Waals surface area contributed by atoms with E-state index in [1.807, 2.05) is 61.5 Å². The van der Waals surface area contributed by atoms with E-state index >= 15 is 0 Å². The van der Waals surface area contributed by atoms with E-state index in [0.29, 0.717) is 42.4 Å². The maximum atomic E-state index is 13.6. The molecule has 0 aromatic heterocycles. The van der Waals surface area contributed by atoms with Crippen LogP contribution >= 0.6 is 0 Å². The van der Waals surface area contributed by atoms with E-state index in [0.717, 1.165) is 25.0 Å². The summed E-state index contributed by atoms with van der Waals surface area (Å²) < 4.78 is 11.5. The second-order valence-corrected chi connectivity index (χ2v) is 9.39. The molecule has 2 aromatic rings. The van der Waals surface area contributed by atoms with Crippen molar-refractivity contribution in [1.82, 2.24) is 20.4 Å². The molecule has 3 aliphatic rings. The van der Waals surface area contributed by atoms with Crippen molar-refractivity contribution in [2.24, 2.45) is 0 Å². The molecule has 9 nitrogen and oxygen atoms in total. The maximum absolute atomic E-state index is 13.6. The standard InChI is InChI=1S/C28H32N4O5/c1-2-32-23-18-31(14-13-24(33)29-17-22-12-7-15-36-22)27(34)25(23)26(30-28(32)35)19-8-6-11-21(16-19)37-20-9-4-3-5-10-20/h3-6,8-11,16,22,26H,2,7,12-15,17-18H2,1H3,(H,29,33)(H,30,35)/t22-,26-/m0/s1. The fourth-order valence-corrected chi connectivity index (χ4v) is 5.05. The van der Waals surface area contributed by atoms with Gasteiger partial charge >= 0.3 is 6.03 Å². The lowest BCUT2D eigenvalue weighted by Crippen LogP contribution is -2.47. The molecule has 0 spiro atoms. The van der Waals surface area contributed by atoms with Crippen molar-refractivity contribution < 1.29 is 23.9 Å². The first-order chi connectivity index (χ1) is 18.0. The molecule has 4 amide bonds. The number of nitrogens with one attached hydrogen (secondary N) is 2. The number of likely N-dealkylation sites (N-methyl/N-ethyl adjacent to an activating group) is 1. The summed E-state index contributed by atoms with van der Waals surface area (Å²) in [6.45, 7) is 4.13. The Morgan fingerprint density at radius 3 is 2.70 bits per heavy atom. The minimum atomic E-state index is -0.601. The first-order valence-corrected chi connectivity index (χ1v) is 12.8. The number of hydrogen-bond acceptors (Lipinski definition) is 5. The summed E-state index contributed by atoms with van der Waals surface area (Å²) in [4.78, 5) is 42.2. The highest BCUT2D eigenvalue weighted by molar-refractivity contribution is 6.01. The van der Waals surface area contributed by atoms with Gasteiger partial charge in [-0.15, -0.1) is 0 Å². The van der Waals surface area contributed by atoms with Gasteiger partial charge in [0.15, 0.2) is 0 Å². The van der Waals surface area contributed by atoms with E-state index in [4.69, 9.17) is 9.47 Å². The SMILES string of the molecule is CCN1C(=O)N[C@@H](c2cccc(Oc3ccccc3)c2)C2=C1CN(CCC(=O)NC[C@@H]1CCCO1)C2=O. The van der Waals surface area contributed by atoms with Gasteiger partial charge in [-0.1, -0.05) is 30.3 Å². The van der Waals surface area contributed by atoms with E-state index in [2.05, 4.69) is 10.6 Å². The molecule has 2 atom stereocenters. The average molecular weight is 505 g/mol. The molecule has 2 N–H and O–H groups in total. The number of amides is 4. The van der Waals surface area contributed by atoms with Crippen LogP contribution in [0.15, 0.2) is 65.9 Å². The Kier molecular flexibility index (Phi) is 7.41. The Morgan fingerprint density at radius 2 is 1.95 bits per heavy atom. The highest BCUT2D eigenvalue weighted by atomic mass is 16.5. The zero-order chi connectivity index (χ0) is 25.8. The summed E-state index contributed by atoms with van der Waals surface area (Å²) in [6, 6.07) is 16.0. The van der Waals surface area contributed by atoms with Crippen LogP contribution in [0.2, 0.25) is 0 Å². The number of nitrogens with zero attached hydrogens (tertiary/aromatic N) is 2. The van der Waals surface area contributed by atoms with Gasteiger partial charge in [-0.25, -0.2) is 4.79 Å². The lowest BCUT2D eigenvalue weighted by atomic mass is 9.95. The molecular weight excluding hydrogens is 472 g/mol. The van der Waals surface area contributed by atoms with Crippen LogP contribution in [0.5, 0.6) is 11.5 Å². The number of hydrogen-bond donors (Lipinski definition) is 2. The van der Waals surface area contributed by atoms with Crippen molar-refractivity contribution in [3.05, 3.63) is 71.4 Å². The lowest BCUT2D eigenvalue weighted by Gasteiger charge is -2.33.